The van der Waals surface area contributed by atoms with Crippen molar-refractivity contribution in [2.24, 2.45) is 5.92 Å². The van der Waals surface area contributed by atoms with Crippen molar-refractivity contribution in [3.63, 3.8) is 0 Å². The Balaban J connectivity index is 0.00000256. The van der Waals surface area contributed by atoms with E-state index in [2.05, 4.69) is 54.6 Å². The number of halogens is 2. The van der Waals surface area contributed by atoms with Crippen molar-refractivity contribution in [3.8, 4) is 6.07 Å². The largest absolute Gasteiger partial charge is 0.342 e. The Hall–Kier alpha value is -2.10. The molecule has 2 aromatic rings. The SMILES string of the molecule is CNCC(Cc1ccccc1C#N)C(=O)N1CCC(c2ccccc2)(N(C)C)CC1.Cl.Cl. The first-order chi connectivity index (χ1) is 14.5. The lowest BCUT2D eigenvalue weighted by molar-refractivity contribution is -0.138. The van der Waals surface area contributed by atoms with E-state index in [4.69, 9.17) is 0 Å². The van der Waals surface area contributed by atoms with E-state index in [9.17, 15) is 10.1 Å². The van der Waals surface area contributed by atoms with Crippen LogP contribution in [-0.4, -0.2) is 56.5 Å². The van der Waals surface area contributed by atoms with Gasteiger partial charge >= 0.3 is 0 Å². The summed E-state index contributed by atoms with van der Waals surface area (Å²) in [7, 11) is 6.14. The molecule has 5 nitrogen and oxygen atoms in total. The molecule has 1 atom stereocenters. The van der Waals surface area contributed by atoms with E-state index in [1.165, 1.54) is 5.56 Å². The molecule has 1 aliphatic heterocycles. The van der Waals surface area contributed by atoms with E-state index in [0.29, 0.717) is 18.5 Å². The number of hydrogen-bond acceptors (Lipinski definition) is 4. The summed E-state index contributed by atoms with van der Waals surface area (Å²) >= 11 is 0. The third kappa shape index (κ3) is 6.02. The van der Waals surface area contributed by atoms with E-state index in [-0.39, 0.29) is 42.2 Å². The first kappa shape index (κ1) is 27.9. The van der Waals surface area contributed by atoms with Gasteiger partial charge in [-0.1, -0.05) is 48.5 Å². The van der Waals surface area contributed by atoms with Crippen LogP contribution in [0.2, 0.25) is 0 Å². The van der Waals surface area contributed by atoms with Crippen LogP contribution in [0, 0.1) is 17.2 Å². The van der Waals surface area contributed by atoms with Crippen molar-refractivity contribution in [2.45, 2.75) is 24.8 Å². The molecule has 1 fully saturated rings. The Morgan fingerprint density at radius 3 is 2.25 bits per heavy atom. The van der Waals surface area contributed by atoms with Crippen LogP contribution in [0.3, 0.4) is 0 Å². The van der Waals surface area contributed by atoms with Gasteiger partial charge in [0.15, 0.2) is 0 Å². The van der Waals surface area contributed by atoms with E-state index in [0.717, 1.165) is 31.5 Å². The van der Waals surface area contributed by atoms with Gasteiger partial charge in [-0.05, 0) is 57.6 Å². The van der Waals surface area contributed by atoms with E-state index in [1.807, 2.05) is 42.3 Å². The first-order valence-corrected chi connectivity index (χ1v) is 10.7. The third-order valence-corrected chi connectivity index (χ3v) is 6.47. The van der Waals surface area contributed by atoms with Crippen LogP contribution in [0.4, 0.5) is 0 Å². The quantitative estimate of drug-likeness (QED) is 0.658. The molecule has 32 heavy (non-hydrogen) atoms. The molecule has 1 N–H and O–H groups in total. The summed E-state index contributed by atoms with van der Waals surface area (Å²) in [6, 6.07) is 20.4. The van der Waals surface area contributed by atoms with Gasteiger partial charge in [-0.15, -0.1) is 24.8 Å². The molecule has 1 unspecified atom stereocenters. The van der Waals surface area contributed by atoms with E-state index in [1.54, 1.807) is 0 Å². The normalized spacial score (nSPS) is 15.8. The maximum Gasteiger partial charge on any atom is 0.227 e. The van der Waals surface area contributed by atoms with Crippen molar-refractivity contribution >= 4 is 30.7 Å². The Morgan fingerprint density at radius 1 is 1.09 bits per heavy atom. The lowest BCUT2D eigenvalue weighted by atomic mass is 9.79. The summed E-state index contributed by atoms with van der Waals surface area (Å²) in [5.74, 6) is 0.00518. The summed E-state index contributed by atoms with van der Waals surface area (Å²) in [5, 5.41) is 12.6. The smallest absolute Gasteiger partial charge is 0.227 e. The van der Waals surface area contributed by atoms with Crippen molar-refractivity contribution < 1.29 is 4.79 Å². The fourth-order valence-corrected chi connectivity index (χ4v) is 4.66. The van der Waals surface area contributed by atoms with Gasteiger partial charge in [0.05, 0.1) is 17.6 Å². The molecule has 0 spiro atoms. The molecule has 174 valence electrons. The van der Waals surface area contributed by atoms with Gasteiger partial charge in [0.25, 0.3) is 0 Å². The monoisotopic (exact) mass is 476 g/mol. The number of nitriles is 1. The minimum absolute atomic E-state index is 0. The zero-order valence-corrected chi connectivity index (χ0v) is 20.7. The third-order valence-electron chi connectivity index (χ3n) is 6.47. The second kappa shape index (κ2) is 12.8. The Morgan fingerprint density at radius 2 is 1.69 bits per heavy atom. The molecule has 0 saturated carbocycles. The van der Waals surface area contributed by atoms with Gasteiger partial charge in [0, 0.05) is 25.2 Å². The van der Waals surface area contributed by atoms with Crippen LogP contribution in [0.1, 0.15) is 29.5 Å². The van der Waals surface area contributed by atoms with Crippen molar-refractivity contribution in [3.05, 3.63) is 71.3 Å². The topological polar surface area (TPSA) is 59.4 Å². The molecular weight excluding hydrogens is 443 g/mol. The van der Waals surface area contributed by atoms with E-state index < -0.39 is 0 Å². The number of nitrogens with one attached hydrogen (secondary N) is 1. The number of amides is 1. The summed E-state index contributed by atoms with van der Waals surface area (Å²) in [6.45, 7) is 2.09. The number of carbonyl (C=O) groups is 1. The van der Waals surface area contributed by atoms with Crippen LogP contribution in [0.25, 0.3) is 0 Å². The molecule has 0 radical (unpaired) electrons. The van der Waals surface area contributed by atoms with Crippen LogP contribution in [0.15, 0.2) is 54.6 Å². The lowest BCUT2D eigenvalue weighted by Crippen LogP contribution is -2.53. The van der Waals surface area contributed by atoms with Gasteiger partial charge in [-0.25, -0.2) is 0 Å². The van der Waals surface area contributed by atoms with E-state index >= 15 is 0 Å². The number of nitrogens with zero attached hydrogens (tertiary/aromatic N) is 3. The highest BCUT2D eigenvalue weighted by Gasteiger charge is 2.40. The number of likely N-dealkylation sites (tertiary alicyclic amines) is 1. The van der Waals surface area contributed by atoms with Gasteiger partial charge in [-0.3, -0.25) is 9.69 Å². The maximum atomic E-state index is 13.4. The van der Waals surface area contributed by atoms with Crippen LogP contribution in [-0.2, 0) is 16.8 Å². The van der Waals surface area contributed by atoms with Gasteiger partial charge in [0.2, 0.25) is 5.91 Å². The molecule has 1 heterocycles. The van der Waals surface area contributed by atoms with Gasteiger partial charge < -0.3 is 10.2 Å². The number of rotatable bonds is 7. The molecule has 0 aliphatic carbocycles. The molecule has 1 aliphatic rings. The van der Waals surface area contributed by atoms with Crippen LogP contribution in [0.5, 0.6) is 0 Å². The zero-order chi connectivity index (χ0) is 21.6. The van der Waals surface area contributed by atoms with Crippen molar-refractivity contribution in [1.82, 2.24) is 15.1 Å². The number of hydrogen-bond donors (Lipinski definition) is 1. The Labute approximate surface area is 204 Å². The lowest BCUT2D eigenvalue weighted by Gasteiger charge is -2.47. The fraction of sp³-hybridized carbons (Fsp3) is 0.440. The fourth-order valence-electron chi connectivity index (χ4n) is 4.66. The highest BCUT2D eigenvalue weighted by molar-refractivity contribution is 5.85. The van der Waals surface area contributed by atoms with Gasteiger partial charge in [-0.2, -0.15) is 5.26 Å². The minimum atomic E-state index is -0.173. The summed E-state index contributed by atoms with van der Waals surface area (Å²) in [6.07, 6.45) is 2.41. The zero-order valence-electron chi connectivity index (χ0n) is 19.1. The number of carbonyl (C=O) groups excluding carboxylic acids is 1. The number of benzene rings is 2. The molecule has 2 aromatic carbocycles. The second-order valence-electron chi connectivity index (χ2n) is 8.34. The minimum Gasteiger partial charge on any atom is -0.342 e. The Kier molecular flexibility index (Phi) is 11.2. The summed E-state index contributed by atoms with van der Waals surface area (Å²) in [4.78, 5) is 17.7. The standard InChI is InChI=1S/C25H32N4O.2ClH/c1-27-19-22(17-20-9-7-8-10-21(20)18-26)24(30)29-15-13-25(14-16-29,28(2)3)23-11-5-4-6-12-23;;/h4-12,22,27H,13-17,19H2,1-3H3;2*1H. The molecular formula is C25H34Cl2N4O. The predicted octanol–water partition coefficient (Wildman–Crippen LogP) is 3.86. The van der Waals surface area contributed by atoms with Gasteiger partial charge in [0.1, 0.15) is 0 Å². The molecule has 3 rings (SSSR count). The average Bonchev–Trinajstić information content (AvgIpc) is 2.79. The first-order valence-electron chi connectivity index (χ1n) is 10.7. The molecule has 0 bridgehead atoms. The Bertz CT molecular complexity index is 890. The maximum absolute atomic E-state index is 13.4. The highest BCUT2D eigenvalue weighted by atomic mass is 35.5. The molecule has 1 amide bonds. The van der Waals surface area contributed by atoms with Crippen LogP contribution < -0.4 is 5.32 Å². The summed E-state index contributed by atoms with van der Waals surface area (Å²) in [5.41, 5.74) is 2.87. The highest BCUT2D eigenvalue weighted by Crippen LogP contribution is 2.37. The van der Waals surface area contributed by atoms with Crippen molar-refractivity contribution in [1.29, 1.82) is 5.26 Å². The number of piperidine rings is 1. The molecule has 1 saturated heterocycles. The average molecular weight is 477 g/mol. The molecule has 0 aromatic heterocycles. The van der Waals surface area contributed by atoms with Crippen molar-refractivity contribution in [2.75, 3.05) is 40.8 Å². The summed E-state index contributed by atoms with van der Waals surface area (Å²) < 4.78 is 0. The predicted molar refractivity (Wildman–Crippen MR) is 134 cm³/mol. The second-order valence-corrected chi connectivity index (χ2v) is 8.34. The van der Waals surface area contributed by atoms with Crippen LogP contribution >= 0.6 is 24.8 Å². The molecule has 7 heteroatoms.